The molecule has 2 atom stereocenters. The molecule has 0 aliphatic carbocycles. The molecule has 1 fully saturated rings. The maximum atomic E-state index is 13.5. The first-order chi connectivity index (χ1) is 19.8. The Balaban J connectivity index is 1.87. The van der Waals surface area contributed by atoms with Crippen molar-refractivity contribution in [1.29, 1.82) is 0 Å². The van der Waals surface area contributed by atoms with E-state index in [-0.39, 0.29) is 0 Å². The zero-order valence-electron chi connectivity index (χ0n) is 25.9. The van der Waals surface area contributed by atoms with E-state index in [2.05, 4.69) is 119 Å². The normalized spacial score (nSPS) is 21.1. The average molecular weight is 625 g/mol. The van der Waals surface area contributed by atoms with Crippen LogP contribution < -0.4 is 0 Å². The van der Waals surface area contributed by atoms with E-state index in [1.807, 2.05) is 6.07 Å². The zero-order chi connectivity index (χ0) is 30.3. The van der Waals surface area contributed by atoms with Gasteiger partial charge in [-0.15, -0.1) is 6.58 Å². The number of hydrogen-bond acceptors (Lipinski definition) is 2. The molecule has 6 heteroatoms. The summed E-state index contributed by atoms with van der Waals surface area (Å²) in [6.07, 6.45) is 0. The fourth-order valence-corrected chi connectivity index (χ4v) is 31.1. The van der Waals surface area contributed by atoms with Gasteiger partial charge in [-0.1, -0.05) is 140 Å². The van der Waals surface area contributed by atoms with Crippen molar-refractivity contribution in [3.63, 3.8) is 0 Å². The van der Waals surface area contributed by atoms with Crippen molar-refractivity contribution in [2.45, 2.75) is 57.0 Å². The van der Waals surface area contributed by atoms with Crippen LogP contribution in [0.15, 0.2) is 129 Å². The molecule has 2 heterocycles. The van der Waals surface area contributed by atoms with E-state index in [4.69, 9.17) is 0 Å². The first-order valence-electron chi connectivity index (χ1n) is 15.1. The van der Waals surface area contributed by atoms with Crippen LogP contribution in [0.1, 0.15) is 25.0 Å². The molecule has 42 heavy (non-hydrogen) atoms. The molecule has 2 aliphatic rings. The van der Waals surface area contributed by atoms with Gasteiger partial charge in [0.2, 0.25) is 0 Å². The summed E-state index contributed by atoms with van der Waals surface area (Å²) in [6, 6.07) is 33.2. The first-order valence-corrected chi connectivity index (χ1v) is 25.2. The van der Waals surface area contributed by atoms with Crippen molar-refractivity contribution in [2.75, 3.05) is 0 Å². The van der Waals surface area contributed by atoms with Gasteiger partial charge in [0.15, 0.2) is 9.84 Å². The third kappa shape index (κ3) is 5.39. The molecule has 0 amide bonds. The molecule has 3 aromatic rings. The van der Waals surface area contributed by atoms with E-state index in [9.17, 15) is 8.42 Å². The Kier molecular flexibility index (Phi) is 8.31. The zero-order valence-corrected chi connectivity index (χ0v) is 29.7. The molecule has 2 aliphatic heterocycles. The molecule has 218 valence electrons. The number of hydrogen-bond donors (Lipinski definition) is 0. The highest BCUT2D eigenvalue weighted by Gasteiger charge is 2.60. The second-order valence-corrected chi connectivity index (χ2v) is 28.9. The Morgan fingerprint density at radius 2 is 1.10 bits per heavy atom. The number of rotatable bonds is 8. The van der Waals surface area contributed by atoms with Gasteiger partial charge < -0.3 is 0 Å². The predicted octanol–water partition coefficient (Wildman–Crippen LogP) is 9.47. The van der Waals surface area contributed by atoms with E-state index in [1.165, 1.54) is 39.8 Å². The third-order valence-electron chi connectivity index (χ3n) is 9.68. The summed E-state index contributed by atoms with van der Waals surface area (Å²) >= 11 is 0. The van der Waals surface area contributed by atoms with Gasteiger partial charge in [0.25, 0.3) is 0 Å². The van der Waals surface area contributed by atoms with Crippen LogP contribution in [-0.4, -0.2) is 32.6 Å². The summed E-state index contributed by atoms with van der Waals surface area (Å²) in [5.41, 5.74) is 9.79. The maximum absolute atomic E-state index is 13.5. The minimum Gasteiger partial charge on any atom is -0.219 e. The van der Waals surface area contributed by atoms with E-state index in [0.29, 0.717) is 16.7 Å². The molecule has 5 rings (SSSR count). The fourth-order valence-electron chi connectivity index (χ4n) is 7.65. The Hall–Kier alpha value is -2.78. The summed E-state index contributed by atoms with van der Waals surface area (Å²) in [7, 11) is -10.3. The fraction of sp³-hybridized carbons (Fsp3) is 0.278. The highest BCUT2D eigenvalue weighted by atomic mass is 32.2. The molecule has 0 aromatic heterocycles. The lowest BCUT2D eigenvalue weighted by Gasteiger charge is -2.41. The smallest absolute Gasteiger partial charge is 0.199 e. The van der Waals surface area contributed by atoms with E-state index >= 15 is 0 Å². The molecule has 0 N–H and O–H groups in total. The summed E-state index contributed by atoms with van der Waals surface area (Å²) in [5, 5.41) is 1.53. The highest BCUT2D eigenvalue weighted by molar-refractivity contribution is 7.94. The van der Waals surface area contributed by atoms with Gasteiger partial charge in [-0.05, 0) is 58.3 Å². The molecule has 0 unspecified atom stereocenters. The maximum Gasteiger partial charge on any atom is 0.199 e. The van der Waals surface area contributed by atoms with E-state index in [0.717, 1.165) is 0 Å². The molecule has 2 nitrogen and oxygen atoms in total. The Bertz CT molecular complexity index is 1660. The lowest BCUT2D eigenvalue weighted by molar-refractivity contribution is 0.486. The van der Waals surface area contributed by atoms with E-state index < -0.39 is 34.1 Å². The van der Waals surface area contributed by atoms with Gasteiger partial charge >= 0.3 is 0 Å². The molecule has 1 saturated heterocycles. The minimum absolute atomic E-state index is 0.355. The number of allylic oxidation sites excluding steroid dienone is 2. The molecular weight excluding hydrogens is 581 g/mol. The van der Waals surface area contributed by atoms with Crippen LogP contribution >= 0.6 is 0 Å². The molecule has 1 spiro atoms. The van der Waals surface area contributed by atoms with E-state index in [1.54, 1.807) is 33.9 Å². The molecule has 3 aromatic carbocycles. The van der Waals surface area contributed by atoms with Gasteiger partial charge in [0.1, 0.15) is 8.07 Å². The van der Waals surface area contributed by atoms with Gasteiger partial charge in [0, 0.05) is 5.41 Å². The van der Waals surface area contributed by atoms with Gasteiger partial charge in [-0.2, -0.15) is 0 Å². The van der Waals surface area contributed by atoms with Crippen molar-refractivity contribution in [3.8, 4) is 0 Å². The number of sulfone groups is 1. The van der Waals surface area contributed by atoms with Crippen LogP contribution in [0.4, 0.5) is 0 Å². The van der Waals surface area contributed by atoms with Crippen molar-refractivity contribution >= 4 is 45.2 Å². The Morgan fingerprint density at radius 3 is 1.52 bits per heavy atom. The highest BCUT2D eigenvalue weighted by Crippen LogP contribution is 2.61. The van der Waals surface area contributed by atoms with Gasteiger partial charge in [-0.25, -0.2) is 8.42 Å². The first kappa shape index (κ1) is 30.7. The lowest BCUT2D eigenvalue weighted by Crippen LogP contribution is -2.52. The van der Waals surface area contributed by atoms with Crippen LogP contribution in [0.5, 0.6) is 0 Å². The lowest BCUT2D eigenvalue weighted by atomic mass is 9.95. The quantitative estimate of drug-likeness (QED) is 0.234. The van der Waals surface area contributed by atoms with Crippen molar-refractivity contribution in [3.05, 3.63) is 135 Å². The average Bonchev–Trinajstić information content (AvgIpc) is 3.45. The van der Waals surface area contributed by atoms with Crippen LogP contribution in [0, 0.1) is 11.8 Å². The standard InChI is InChI=1S/C36H44O2SSi3/c1-8-40(4,5)35-33(30-18-12-9-13-19-30)34(31-20-14-10-15-21-31)36(42(35)26-28(2)29(3)27-42)41(6,7)25-24-39(37,38)32-22-16-11-17-23-32/h8-25,28-29H,1,26-27H2,2-7H3/b25-24+/t28-,29-/m0/s1. The molecule has 0 saturated carbocycles. The summed E-state index contributed by atoms with van der Waals surface area (Å²) < 4.78 is 27.1. The van der Waals surface area contributed by atoms with Gasteiger partial charge in [-0.3, -0.25) is 0 Å². The van der Waals surface area contributed by atoms with Crippen molar-refractivity contribution < 1.29 is 8.42 Å². The van der Waals surface area contributed by atoms with Crippen LogP contribution in [0.3, 0.4) is 0 Å². The van der Waals surface area contributed by atoms with Crippen molar-refractivity contribution in [2.24, 2.45) is 11.8 Å². The molecule has 0 radical (unpaired) electrons. The second kappa shape index (κ2) is 11.4. The minimum atomic E-state index is -3.55. The second-order valence-electron chi connectivity index (χ2n) is 13.5. The predicted molar refractivity (Wildman–Crippen MR) is 188 cm³/mol. The van der Waals surface area contributed by atoms with Gasteiger partial charge in [0.05, 0.1) is 21.0 Å². The summed E-state index contributed by atoms with van der Waals surface area (Å²) in [4.78, 5) is 3.71. The summed E-state index contributed by atoms with van der Waals surface area (Å²) in [6.45, 7) is 19.1. The van der Waals surface area contributed by atoms with Crippen LogP contribution in [-0.2, 0) is 9.84 Å². The third-order valence-corrected chi connectivity index (χ3v) is 28.3. The van der Waals surface area contributed by atoms with Crippen LogP contribution in [0.2, 0.25) is 38.3 Å². The summed E-state index contributed by atoms with van der Waals surface area (Å²) in [5.74, 6) is 1.26. The Labute approximate surface area is 256 Å². The molecular formula is C36H44O2SSi3. The van der Waals surface area contributed by atoms with Crippen molar-refractivity contribution in [1.82, 2.24) is 0 Å². The van der Waals surface area contributed by atoms with Crippen LogP contribution in [0.25, 0.3) is 11.1 Å². The monoisotopic (exact) mass is 624 g/mol. The topological polar surface area (TPSA) is 34.1 Å². The Morgan fingerprint density at radius 1 is 0.690 bits per heavy atom. The molecule has 0 bridgehead atoms. The largest absolute Gasteiger partial charge is 0.219 e. The number of benzene rings is 3. The SMILES string of the molecule is C=C[Si](C)(C)C1=C(c2ccccc2)C(c2ccccc2)=C([Si](C)(C)/C=C/S(=O)(=O)c2ccccc2)[Si]12C[C@H](C)[C@@H](C)C2.